The van der Waals surface area contributed by atoms with Crippen LogP contribution >= 0.6 is 27.3 Å². The summed E-state index contributed by atoms with van der Waals surface area (Å²) >= 11 is 4.78. The molecular weight excluding hydrogens is 357 g/mol. The van der Waals surface area contributed by atoms with E-state index in [1.807, 2.05) is 17.5 Å². The van der Waals surface area contributed by atoms with Crippen molar-refractivity contribution in [2.24, 2.45) is 0 Å². The van der Waals surface area contributed by atoms with Crippen LogP contribution in [-0.4, -0.2) is 13.1 Å². The highest BCUT2D eigenvalue weighted by atomic mass is 79.9. The third-order valence-corrected chi connectivity index (χ3v) is 4.52. The summed E-state index contributed by atoms with van der Waals surface area (Å²) in [4.78, 5) is 12.5. The van der Waals surface area contributed by atoms with Crippen molar-refractivity contribution in [1.29, 1.82) is 0 Å². The van der Waals surface area contributed by atoms with Gasteiger partial charge in [-0.25, -0.2) is 4.39 Å². The third kappa shape index (κ3) is 4.62. The van der Waals surface area contributed by atoms with Gasteiger partial charge in [0.25, 0.3) is 0 Å². The van der Waals surface area contributed by atoms with E-state index in [0.29, 0.717) is 16.6 Å². The minimum Gasteiger partial charge on any atom is -0.469 e. The minimum atomic E-state index is -0.294. The molecule has 0 fully saturated rings. The van der Waals surface area contributed by atoms with Gasteiger partial charge < -0.3 is 10.1 Å². The van der Waals surface area contributed by atoms with Crippen molar-refractivity contribution < 1.29 is 13.9 Å². The quantitative estimate of drug-likeness (QED) is 0.778. The SMILES string of the molecule is COC(=O)CC(NCc1ccc(Br)cc1F)c1cccs1. The number of carbonyl (C=O) groups is 1. The Morgan fingerprint density at radius 2 is 2.29 bits per heavy atom. The van der Waals surface area contributed by atoms with Gasteiger partial charge in [-0.2, -0.15) is 0 Å². The Hall–Kier alpha value is -1.24. The van der Waals surface area contributed by atoms with Crippen LogP contribution in [0.3, 0.4) is 0 Å². The highest BCUT2D eigenvalue weighted by Crippen LogP contribution is 2.23. The fourth-order valence-electron chi connectivity index (χ4n) is 1.91. The van der Waals surface area contributed by atoms with Gasteiger partial charge in [0.1, 0.15) is 5.82 Å². The van der Waals surface area contributed by atoms with E-state index in [4.69, 9.17) is 4.74 Å². The largest absolute Gasteiger partial charge is 0.469 e. The van der Waals surface area contributed by atoms with Crippen LogP contribution in [0.4, 0.5) is 4.39 Å². The summed E-state index contributed by atoms with van der Waals surface area (Å²) in [5, 5.41) is 5.16. The van der Waals surface area contributed by atoms with Crippen LogP contribution in [0.5, 0.6) is 0 Å². The number of halogens is 2. The molecule has 2 rings (SSSR count). The highest BCUT2D eigenvalue weighted by molar-refractivity contribution is 9.10. The predicted molar refractivity (Wildman–Crippen MR) is 84.6 cm³/mol. The molecule has 6 heteroatoms. The van der Waals surface area contributed by atoms with Crippen LogP contribution in [-0.2, 0) is 16.1 Å². The van der Waals surface area contributed by atoms with Gasteiger partial charge in [-0.15, -0.1) is 11.3 Å². The summed E-state index contributed by atoms with van der Waals surface area (Å²) < 4.78 is 19.2. The second-order valence-corrected chi connectivity index (χ2v) is 6.36. The number of carbonyl (C=O) groups excluding carboxylic acids is 1. The van der Waals surface area contributed by atoms with E-state index in [1.165, 1.54) is 13.2 Å². The molecule has 0 saturated carbocycles. The Bertz CT molecular complexity index is 604. The van der Waals surface area contributed by atoms with E-state index in [2.05, 4.69) is 21.2 Å². The third-order valence-electron chi connectivity index (χ3n) is 3.04. The Kier molecular flexibility index (Phi) is 5.90. The summed E-state index contributed by atoms with van der Waals surface area (Å²) in [7, 11) is 1.36. The van der Waals surface area contributed by atoms with Gasteiger partial charge in [-0.05, 0) is 23.6 Å². The Morgan fingerprint density at radius 3 is 2.90 bits per heavy atom. The lowest BCUT2D eigenvalue weighted by molar-refractivity contribution is -0.141. The molecule has 1 aromatic heterocycles. The lowest BCUT2D eigenvalue weighted by Gasteiger charge is -2.16. The molecule has 1 heterocycles. The molecule has 0 bridgehead atoms. The fourth-order valence-corrected chi connectivity index (χ4v) is 3.05. The number of ether oxygens (including phenoxy) is 1. The number of methoxy groups -OCH3 is 1. The minimum absolute atomic E-state index is 0.180. The zero-order chi connectivity index (χ0) is 15.2. The standard InChI is InChI=1S/C15H15BrFNO2S/c1-20-15(19)8-13(14-3-2-6-21-14)18-9-10-4-5-11(16)7-12(10)17/h2-7,13,18H,8-9H2,1H3. The Morgan fingerprint density at radius 1 is 1.48 bits per heavy atom. The summed E-state index contributed by atoms with van der Waals surface area (Å²) in [6, 6.07) is 8.63. The maximum atomic E-state index is 13.8. The zero-order valence-electron chi connectivity index (χ0n) is 11.4. The van der Waals surface area contributed by atoms with E-state index >= 15 is 0 Å². The Labute approximate surface area is 135 Å². The van der Waals surface area contributed by atoms with Gasteiger partial charge >= 0.3 is 5.97 Å². The zero-order valence-corrected chi connectivity index (χ0v) is 13.8. The van der Waals surface area contributed by atoms with Crippen LogP contribution in [0.1, 0.15) is 22.9 Å². The number of hydrogen-bond donors (Lipinski definition) is 1. The van der Waals surface area contributed by atoms with Crippen molar-refractivity contribution in [3.63, 3.8) is 0 Å². The molecule has 0 spiro atoms. The maximum Gasteiger partial charge on any atom is 0.307 e. The first-order valence-corrected chi connectivity index (χ1v) is 8.05. The molecule has 0 radical (unpaired) electrons. The molecule has 0 saturated heterocycles. The lowest BCUT2D eigenvalue weighted by atomic mass is 10.1. The molecule has 1 atom stereocenters. The average molecular weight is 372 g/mol. The van der Waals surface area contributed by atoms with E-state index in [-0.39, 0.29) is 24.2 Å². The van der Waals surface area contributed by atoms with Gasteiger partial charge in [0.05, 0.1) is 19.6 Å². The van der Waals surface area contributed by atoms with Crippen molar-refractivity contribution in [1.82, 2.24) is 5.32 Å². The van der Waals surface area contributed by atoms with Crippen LogP contribution in [0, 0.1) is 5.82 Å². The molecule has 0 aliphatic heterocycles. The second-order valence-electron chi connectivity index (χ2n) is 4.46. The highest BCUT2D eigenvalue weighted by Gasteiger charge is 2.17. The van der Waals surface area contributed by atoms with Crippen molar-refractivity contribution in [2.75, 3.05) is 7.11 Å². The van der Waals surface area contributed by atoms with E-state index < -0.39 is 0 Å². The number of nitrogens with one attached hydrogen (secondary N) is 1. The molecule has 1 aromatic carbocycles. The molecule has 21 heavy (non-hydrogen) atoms. The lowest BCUT2D eigenvalue weighted by Crippen LogP contribution is -2.23. The van der Waals surface area contributed by atoms with Crippen LogP contribution in [0.25, 0.3) is 0 Å². The summed E-state index contributed by atoms with van der Waals surface area (Å²) in [6.45, 7) is 0.346. The number of esters is 1. The van der Waals surface area contributed by atoms with Crippen LogP contribution in [0.15, 0.2) is 40.2 Å². The van der Waals surface area contributed by atoms with Gasteiger partial charge in [-0.3, -0.25) is 4.79 Å². The van der Waals surface area contributed by atoms with Crippen molar-refractivity contribution >= 4 is 33.2 Å². The molecule has 112 valence electrons. The average Bonchev–Trinajstić information content (AvgIpc) is 2.98. The maximum absolute atomic E-state index is 13.8. The molecule has 0 aliphatic rings. The first kappa shape index (κ1) is 16.1. The number of rotatable bonds is 6. The molecule has 1 unspecified atom stereocenters. The number of hydrogen-bond acceptors (Lipinski definition) is 4. The monoisotopic (exact) mass is 371 g/mol. The smallest absolute Gasteiger partial charge is 0.307 e. The molecule has 0 amide bonds. The van der Waals surface area contributed by atoms with Gasteiger partial charge in [0, 0.05) is 21.5 Å². The first-order valence-electron chi connectivity index (χ1n) is 6.37. The first-order chi connectivity index (χ1) is 10.1. The topological polar surface area (TPSA) is 38.3 Å². The predicted octanol–water partition coefficient (Wildman–Crippen LogP) is 4.04. The van der Waals surface area contributed by atoms with Gasteiger partial charge in [0.2, 0.25) is 0 Å². The molecular formula is C15H15BrFNO2S. The van der Waals surface area contributed by atoms with E-state index in [0.717, 1.165) is 4.88 Å². The number of thiophene rings is 1. The van der Waals surface area contributed by atoms with Crippen molar-refractivity contribution in [3.05, 3.63) is 56.4 Å². The van der Waals surface area contributed by atoms with E-state index in [1.54, 1.807) is 23.5 Å². The molecule has 1 N–H and O–H groups in total. The normalized spacial score (nSPS) is 12.1. The van der Waals surface area contributed by atoms with Crippen LogP contribution < -0.4 is 5.32 Å². The van der Waals surface area contributed by atoms with Gasteiger partial charge in [-0.1, -0.05) is 28.1 Å². The summed E-state index contributed by atoms with van der Waals surface area (Å²) in [5.41, 5.74) is 0.560. The molecule has 0 aliphatic carbocycles. The summed E-state index contributed by atoms with van der Waals surface area (Å²) in [5.74, 6) is -0.572. The van der Waals surface area contributed by atoms with Crippen molar-refractivity contribution in [3.8, 4) is 0 Å². The van der Waals surface area contributed by atoms with E-state index in [9.17, 15) is 9.18 Å². The van der Waals surface area contributed by atoms with Crippen LogP contribution in [0.2, 0.25) is 0 Å². The fraction of sp³-hybridized carbons (Fsp3) is 0.267. The summed E-state index contributed by atoms with van der Waals surface area (Å²) in [6.07, 6.45) is 0.217. The number of benzene rings is 1. The van der Waals surface area contributed by atoms with Gasteiger partial charge in [0.15, 0.2) is 0 Å². The Balaban J connectivity index is 2.06. The molecule has 3 nitrogen and oxygen atoms in total. The molecule has 2 aromatic rings. The van der Waals surface area contributed by atoms with Crippen molar-refractivity contribution in [2.45, 2.75) is 19.0 Å². The second kappa shape index (κ2) is 7.68.